The monoisotopic (exact) mass is 322 g/mol. The molecule has 21 heavy (non-hydrogen) atoms. The first-order valence-electron chi connectivity index (χ1n) is 6.58. The van der Waals surface area contributed by atoms with Crippen LogP contribution >= 0.6 is 23.1 Å². The highest BCUT2D eigenvalue weighted by Gasteiger charge is 2.25. The number of aromatic nitrogens is 2. The van der Waals surface area contributed by atoms with Crippen LogP contribution in [0.1, 0.15) is 42.1 Å². The summed E-state index contributed by atoms with van der Waals surface area (Å²) in [6.45, 7) is 4.15. The fraction of sp³-hybridized carbons (Fsp3) is 0.286. The van der Waals surface area contributed by atoms with Crippen molar-refractivity contribution in [2.75, 3.05) is 0 Å². The lowest BCUT2D eigenvalue weighted by Crippen LogP contribution is -2.28. The van der Waals surface area contributed by atoms with Gasteiger partial charge in [-0.3, -0.25) is 5.84 Å². The van der Waals surface area contributed by atoms with Crippen LogP contribution in [-0.2, 0) is 0 Å². The summed E-state index contributed by atoms with van der Waals surface area (Å²) in [5.74, 6) is 6.70. The normalized spacial score (nSPS) is 13.2. The Hall–Kier alpha value is -1.47. The minimum atomic E-state index is -0.286. The molecule has 1 unspecified atom stereocenters. The summed E-state index contributed by atoms with van der Waals surface area (Å²) in [5, 5.41) is 5.72. The van der Waals surface area contributed by atoms with E-state index in [9.17, 15) is 0 Å². The van der Waals surface area contributed by atoms with Crippen LogP contribution in [-0.4, -0.2) is 9.59 Å². The molecule has 0 aliphatic heterocycles. The van der Waals surface area contributed by atoms with Gasteiger partial charge in [0.25, 0.3) is 0 Å². The smallest absolute Gasteiger partial charge is 0.152 e. The summed E-state index contributed by atoms with van der Waals surface area (Å²) in [6, 6.07) is 7.30. The average Bonchev–Trinajstić information content (AvgIpc) is 3.07. The molecule has 0 bridgehead atoms. The lowest BCUT2D eigenvalue weighted by molar-refractivity contribution is 0.478. The van der Waals surface area contributed by atoms with Crippen molar-refractivity contribution in [3.8, 4) is 0 Å². The van der Waals surface area contributed by atoms with Crippen molar-refractivity contribution in [2.24, 2.45) is 5.84 Å². The van der Waals surface area contributed by atoms with E-state index in [0.29, 0.717) is 16.4 Å². The minimum absolute atomic E-state index is 0.266. The number of hydrogen-bond donors (Lipinski definition) is 2. The third-order valence-electron chi connectivity index (χ3n) is 3.32. The maximum absolute atomic E-state index is 6.16. The molecule has 0 saturated carbocycles. The Balaban J connectivity index is 2.09. The molecule has 110 valence electrons. The Morgan fingerprint density at radius 2 is 2.19 bits per heavy atom. The summed E-state index contributed by atoms with van der Waals surface area (Å²) in [7, 11) is 0. The van der Waals surface area contributed by atoms with Crippen molar-refractivity contribution in [1.29, 1.82) is 0 Å². The third kappa shape index (κ3) is 2.55. The minimum Gasteiger partial charge on any atom is -0.457 e. The Kier molecular flexibility index (Phi) is 3.95. The molecule has 2 heterocycles. The number of nitrogens with zero attached hydrogens (tertiary/aromatic N) is 2. The molecule has 0 aliphatic rings. The van der Waals surface area contributed by atoms with Gasteiger partial charge in [-0.2, -0.15) is 0 Å². The van der Waals surface area contributed by atoms with Gasteiger partial charge in [-0.15, -0.1) is 5.10 Å². The maximum Gasteiger partial charge on any atom is 0.152 e. The van der Waals surface area contributed by atoms with Crippen LogP contribution in [0.5, 0.6) is 0 Å². The zero-order valence-corrected chi connectivity index (χ0v) is 13.2. The number of hydrogen-bond acceptors (Lipinski definition) is 6. The molecular formula is C14H15ClN4OS. The largest absolute Gasteiger partial charge is 0.457 e. The second kappa shape index (κ2) is 5.73. The molecule has 5 nitrogen and oxygen atoms in total. The van der Waals surface area contributed by atoms with Gasteiger partial charge in [0.15, 0.2) is 5.58 Å². The van der Waals surface area contributed by atoms with Crippen LogP contribution < -0.4 is 11.3 Å². The van der Waals surface area contributed by atoms with E-state index in [4.69, 9.17) is 21.9 Å². The molecule has 0 spiro atoms. The summed E-state index contributed by atoms with van der Waals surface area (Å²) in [4.78, 5) is 0.961. The van der Waals surface area contributed by atoms with Gasteiger partial charge < -0.3 is 4.42 Å². The van der Waals surface area contributed by atoms with Crippen LogP contribution in [0.4, 0.5) is 0 Å². The van der Waals surface area contributed by atoms with Crippen LogP contribution in [0.25, 0.3) is 11.0 Å². The number of nitrogens with one attached hydrogen (secondary N) is 1. The summed E-state index contributed by atoms with van der Waals surface area (Å²) in [6.07, 6.45) is 0. The van der Waals surface area contributed by atoms with E-state index in [2.05, 4.69) is 28.9 Å². The molecule has 0 aliphatic carbocycles. The molecule has 1 aromatic carbocycles. The molecule has 0 amide bonds. The van der Waals surface area contributed by atoms with E-state index in [1.165, 1.54) is 11.5 Å². The van der Waals surface area contributed by atoms with Crippen LogP contribution in [0.15, 0.2) is 28.7 Å². The number of hydrazine groups is 1. The van der Waals surface area contributed by atoms with E-state index < -0.39 is 0 Å². The van der Waals surface area contributed by atoms with Gasteiger partial charge in [0.2, 0.25) is 0 Å². The molecule has 7 heteroatoms. The van der Waals surface area contributed by atoms with Crippen molar-refractivity contribution < 1.29 is 4.42 Å². The van der Waals surface area contributed by atoms with Crippen molar-refractivity contribution in [2.45, 2.75) is 25.8 Å². The average molecular weight is 323 g/mol. The Bertz CT molecular complexity index is 767. The number of rotatable bonds is 4. The highest BCUT2D eigenvalue weighted by atomic mass is 35.5. The SMILES string of the molecule is CC(C)c1nnsc1C(NN)c1cc2cccc(Cl)c2o1. The van der Waals surface area contributed by atoms with Gasteiger partial charge in [-0.05, 0) is 29.6 Å². The van der Waals surface area contributed by atoms with Crippen molar-refractivity contribution >= 4 is 34.1 Å². The number of para-hydroxylation sites is 1. The number of benzene rings is 1. The van der Waals surface area contributed by atoms with Gasteiger partial charge in [-0.1, -0.05) is 42.1 Å². The lowest BCUT2D eigenvalue weighted by atomic mass is 10.0. The summed E-state index contributed by atoms with van der Waals surface area (Å²) >= 11 is 7.48. The van der Waals surface area contributed by atoms with Gasteiger partial charge >= 0.3 is 0 Å². The Morgan fingerprint density at radius 1 is 1.38 bits per heavy atom. The molecule has 1 atom stereocenters. The predicted molar refractivity (Wildman–Crippen MR) is 84.4 cm³/mol. The number of halogens is 1. The standard InChI is InChI=1S/C14H15ClN4OS/c1-7(2)11-14(21-19-18-11)12(17-16)10-6-8-4-3-5-9(15)13(8)20-10/h3-7,12,17H,16H2,1-2H3. The van der Waals surface area contributed by atoms with Gasteiger partial charge in [0.05, 0.1) is 15.6 Å². The first-order valence-corrected chi connectivity index (χ1v) is 7.73. The molecule has 3 aromatic rings. The maximum atomic E-state index is 6.16. The van der Waals surface area contributed by atoms with E-state index in [1.807, 2.05) is 18.2 Å². The number of nitrogens with two attached hydrogens (primary N) is 1. The second-order valence-corrected chi connectivity index (χ2v) is 6.28. The van der Waals surface area contributed by atoms with Crippen molar-refractivity contribution in [3.63, 3.8) is 0 Å². The molecule has 3 N–H and O–H groups in total. The van der Waals surface area contributed by atoms with E-state index >= 15 is 0 Å². The van der Waals surface area contributed by atoms with Gasteiger partial charge in [-0.25, -0.2) is 5.43 Å². The predicted octanol–water partition coefficient (Wildman–Crippen LogP) is 3.61. The zero-order chi connectivity index (χ0) is 15.0. The third-order valence-corrected chi connectivity index (χ3v) is 4.42. The molecule has 2 aromatic heterocycles. The molecule has 0 saturated heterocycles. The molecular weight excluding hydrogens is 308 g/mol. The fourth-order valence-electron chi connectivity index (χ4n) is 2.28. The molecule has 3 rings (SSSR count). The van der Waals surface area contributed by atoms with E-state index in [0.717, 1.165) is 16.0 Å². The quantitative estimate of drug-likeness (QED) is 0.566. The zero-order valence-electron chi connectivity index (χ0n) is 11.6. The highest BCUT2D eigenvalue weighted by molar-refractivity contribution is 7.05. The second-order valence-electron chi connectivity index (χ2n) is 5.08. The molecule has 0 fully saturated rings. The number of fused-ring (bicyclic) bond motifs is 1. The summed E-state index contributed by atoms with van der Waals surface area (Å²) < 4.78 is 9.92. The first-order chi connectivity index (χ1) is 10.1. The summed E-state index contributed by atoms with van der Waals surface area (Å²) in [5.41, 5.74) is 4.38. The highest BCUT2D eigenvalue weighted by Crippen LogP contribution is 2.35. The topological polar surface area (TPSA) is 77.0 Å². The lowest BCUT2D eigenvalue weighted by Gasteiger charge is -2.13. The van der Waals surface area contributed by atoms with Crippen LogP contribution in [0, 0.1) is 0 Å². The first kappa shape index (κ1) is 14.5. The Morgan fingerprint density at radius 3 is 2.86 bits per heavy atom. The van der Waals surface area contributed by atoms with Gasteiger partial charge in [0, 0.05) is 5.39 Å². The van der Waals surface area contributed by atoms with Crippen molar-refractivity contribution in [1.82, 2.24) is 15.0 Å². The number of furan rings is 1. The Labute approximate surface area is 131 Å². The fourth-order valence-corrected chi connectivity index (χ4v) is 3.38. The van der Waals surface area contributed by atoms with E-state index in [-0.39, 0.29) is 12.0 Å². The van der Waals surface area contributed by atoms with E-state index in [1.54, 1.807) is 6.07 Å². The van der Waals surface area contributed by atoms with Crippen LogP contribution in [0.3, 0.4) is 0 Å². The van der Waals surface area contributed by atoms with Crippen LogP contribution in [0.2, 0.25) is 5.02 Å². The van der Waals surface area contributed by atoms with Gasteiger partial charge in [0.1, 0.15) is 11.8 Å². The van der Waals surface area contributed by atoms with Crippen molar-refractivity contribution in [3.05, 3.63) is 45.6 Å². The molecule has 0 radical (unpaired) electrons.